The third-order valence-corrected chi connectivity index (χ3v) is 3.68. The molecule has 1 aliphatic heterocycles. The predicted octanol–water partition coefficient (Wildman–Crippen LogP) is 3.05. The molecular weight excluding hydrogens is 251 g/mol. The first-order valence-corrected chi connectivity index (χ1v) is 6.92. The molecule has 0 spiro atoms. The number of hydrogen-bond donors (Lipinski definition) is 1. The lowest BCUT2D eigenvalue weighted by molar-refractivity contribution is 0.298. The van der Waals surface area contributed by atoms with Gasteiger partial charge in [0.1, 0.15) is 5.82 Å². The Labute approximate surface area is 113 Å². The van der Waals surface area contributed by atoms with Crippen molar-refractivity contribution in [1.29, 1.82) is 0 Å². The average Bonchev–Trinajstić information content (AvgIpc) is 2.83. The van der Waals surface area contributed by atoms with Crippen LogP contribution in [0.1, 0.15) is 25.3 Å². The lowest BCUT2D eigenvalue weighted by Crippen LogP contribution is -2.37. The fourth-order valence-electron chi connectivity index (χ4n) is 2.36. The van der Waals surface area contributed by atoms with Crippen molar-refractivity contribution in [2.24, 2.45) is 0 Å². The van der Waals surface area contributed by atoms with Gasteiger partial charge in [-0.05, 0) is 50.6 Å². The molecule has 2 nitrogen and oxygen atoms in total. The van der Waals surface area contributed by atoms with Gasteiger partial charge in [0, 0.05) is 19.1 Å². The largest absolute Gasteiger partial charge is 0.309 e. The van der Waals surface area contributed by atoms with E-state index in [4.69, 9.17) is 11.6 Å². The Balaban J connectivity index is 1.77. The molecule has 0 aliphatic carbocycles. The summed E-state index contributed by atoms with van der Waals surface area (Å²) < 4.78 is 13.3. The first-order chi connectivity index (χ1) is 8.65. The minimum absolute atomic E-state index is 0.184. The first-order valence-electron chi connectivity index (χ1n) is 6.55. The number of halogens is 2. The molecule has 2 rings (SSSR count). The van der Waals surface area contributed by atoms with Crippen molar-refractivity contribution in [3.05, 3.63) is 34.6 Å². The van der Waals surface area contributed by atoms with Crippen LogP contribution in [0, 0.1) is 5.82 Å². The summed E-state index contributed by atoms with van der Waals surface area (Å²) in [5.74, 6) is -0.344. The highest BCUT2D eigenvalue weighted by Crippen LogP contribution is 2.15. The monoisotopic (exact) mass is 270 g/mol. The summed E-state index contributed by atoms with van der Waals surface area (Å²) in [5, 5.41) is 3.61. The Morgan fingerprint density at radius 3 is 2.78 bits per heavy atom. The van der Waals surface area contributed by atoms with Gasteiger partial charge >= 0.3 is 0 Å². The van der Waals surface area contributed by atoms with Gasteiger partial charge in [-0.1, -0.05) is 17.7 Å². The molecule has 1 aromatic carbocycles. The Hall–Kier alpha value is -0.640. The standard InChI is InChI=1S/C14H20ClFN2/c1-11(10-18-6-2-3-7-18)17-9-12-4-5-13(15)14(16)8-12/h4-5,8,11,17H,2-3,6-7,9-10H2,1H3. The molecule has 1 aliphatic rings. The molecule has 1 heterocycles. The highest BCUT2D eigenvalue weighted by atomic mass is 35.5. The summed E-state index contributed by atoms with van der Waals surface area (Å²) in [6, 6.07) is 5.39. The van der Waals surface area contributed by atoms with E-state index < -0.39 is 0 Å². The van der Waals surface area contributed by atoms with Crippen molar-refractivity contribution in [2.45, 2.75) is 32.4 Å². The van der Waals surface area contributed by atoms with Gasteiger partial charge in [-0.15, -0.1) is 0 Å². The van der Waals surface area contributed by atoms with Gasteiger partial charge in [0.05, 0.1) is 5.02 Å². The van der Waals surface area contributed by atoms with E-state index in [-0.39, 0.29) is 10.8 Å². The second kappa shape index (κ2) is 6.50. The van der Waals surface area contributed by atoms with Crippen molar-refractivity contribution in [3.8, 4) is 0 Å². The molecular formula is C14H20ClFN2. The molecule has 1 fully saturated rings. The van der Waals surface area contributed by atoms with Gasteiger partial charge in [0.25, 0.3) is 0 Å². The van der Waals surface area contributed by atoms with E-state index in [9.17, 15) is 4.39 Å². The second-order valence-corrected chi connectivity index (χ2v) is 5.45. The maximum Gasteiger partial charge on any atom is 0.142 e. The molecule has 0 saturated carbocycles. The van der Waals surface area contributed by atoms with Gasteiger partial charge in [0.2, 0.25) is 0 Å². The average molecular weight is 271 g/mol. The van der Waals surface area contributed by atoms with E-state index >= 15 is 0 Å². The van der Waals surface area contributed by atoms with E-state index in [1.54, 1.807) is 6.07 Å². The Bertz CT molecular complexity index is 391. The number of nitrogens with one attached hydrogen (secondary N) is 1. The summed E-state index contributed by atoms with van der Waals surface area (Å²) in [4.78, 5) is 2.47. The fourth-order valence-corrected chi connectivity index (χ4v) is 2.48. The Morgan fingerprint density at radius 1 is 1.39 bits per heavy atom. The van der Waals surface area contributed by atoms with Crippen LogP contribution in [0.5, 0.6) is 0 Å². The van der Waals surface area contributed by atoms with Crippen molar-refractivity contribution in [3.63, 3.8) is 0 Å². The topological polar surface area (TPSA) is 15.3 Å². The lowest BCUT2D eigenvalue weighted by Gasteiger charge is -2.21. The van der Waals surface area contributed by atoms with Crippen molar-refractivity contribution in [2.75, 3.05) is 19.6 Å². The zero-order valence-corrected chi connectivity index (χ0v) is 11.5. The van der Waals surface area contributed by atoms with E-state index in [2.05, 4.69) is 17.1 Å². The van der Waals surface area contributed by atoms with Crippen molar-refractivity contribution >= 4 is 11.6 Å². The van der Waals surface area contributed by atoms with E-state index in [0.29, 0.717) is 12.6 Å². The smallest absolute Gasteiger partial charge is 0.142 e. The third-order valence-electron chi connectivity index (χ3n) is 3.37. The maximum absolute atomic E-state index is 13.3. The Kier molecular flexibility index (Phi) is 4.98. The summed E-state index contributed by atoms with van der Waals surface area (Å²) in [7, 11) is 0. The molecule has 1 N–H and O–H groups in total. The van der Waals surface area contributed by atoms with Gasteiger partial charge in [-0.3, -0.25) is 0 Å². The third kappa shape index (κ3) is 3.94. The van der Waals surface area contributed by atoms with Crippen LogP contribution in [0.4, 0.5) is 4.39 Å². The van der Waals surface area contributed by atoms with Crippen LogP contribution in [0.2, 0.25) is 5.02 Å². The fraction of sp³-hybridized carbons (Fsp3) is 0.571. The zero-order valence-electron chi connectivity index (χ0n) is 10.8. The van der Waals surface area contributed by atoms with Crippen LogP contribution in [0.25, 0.3) is 0 Å². The minimum atomic E-state index is -0.344. The molecule has 18 heavy (non-hydrogen) atoms. The zero-order chi connectivity index (χ0) is 13.0. The van der Waals surface area contributed by atoms with Crippen LogP contribution in [-0.4, -0.2) is 30.6 Å². The first kappa shape index (κ1) is 13.8. The molecule has 1 saturated heterocycles. The van der Waals surface area contributed by atoms with Gasteiger partial charge < -0.3 is 10.2 Å². The van der Waals surface area contributed by atoms with E-state index in [1.165, 1.54) is 32.0 Å². The molecule has 1 unspecified atom stereocenters. The predicted molar refractivity (Wildman–Crippen MR) is 73.4 cm³/mol. The van der Waals surface area contributed by atoms with Crippen LogP contribution in [0.3, 0.4) is 0 Å². The lowest BCUT2D eigenvalue weighted by atomic mass is 10.2. The van der Waals surface area contributed by atoms with Crippen LogP contribution >= 0.6 is 11.6 Å². The van der Waals surface area contributed by atoms with Crippen LogP contribution < -0.4 is 5.32 Å². The van der Waals surface area contributed by atoms with Gasteiger partial charge in [-0.25, -0.2) is 4.39 Å². The Morgan fingerprint density at radius 2 is 2.11 bits per heavy atom. The molecule has 100 valence electrons. The number of nitrogens with zero attached hydrogens (tertiary/aromatic N) is 1. The van der Waals surface area contributed by atoms with Crippen molar-refractivity contribution < 1.29 is 4.39 Å². The number of rotatable bonds is 5. The molecule has 0 radical (unpaired) electrons. The van der Waals surface area contributed by atoms with Crippen LogP contribution in [-0.2, 0) is 6.54 Å². The second-order valence-electron chi connectivity index (χ2n) is 5.04. The summed E-state index contributed by atoms with van der Waals surface area (Å²) in [6.45, 7) is 6.34. The van der Waals surface area contributed by atoms with E-state index in [1.807, 2.05) is 6.07 Å². The molecule has 0 bridgehead atoms. The molecule has 0 amide bonds. The molecule has 4 heteroatoms. The quantitative estimate of drug-likeness (QED) is 0.885. The minimum Gasteiger partial charge on any atom is -0.309 e. The maximum atomic E-state index is 13.3. The molecule has 0 aromatic heterocycles. The summed E-state index contributed by atoms with van der Waals surface area (Å²) in [6.07, 6.45) is 2.63. The van der Waals surface area contributed by atoms with Gasteiger partial charge in [-0.2, -0.15) is 0 Å². The number of likely N-dealkylation sites (tertiary alicyclic amines) is 1. The highest BCUT2D eigenvalue weighted by Gasteiger charge is 2.14. The normalized spacial score (nSPS) is 18.2. The van der Waals surface area contributed by atoms with Gasteiger partial charge in [0.15, 0.2) is 0 Å². The summed E-state index contributed by atoms with van der Waals surface area (Å²) in [5.41, 5.74) is 0.935. The van der Waals surface area contributed by atoms with Crippen LogP contribution in [0.15, 0.2) is 18.2 Å². The summed E-state index contributed by atoms with van der Waals surface area (Å²) >= 11 is 5.65. The highest BCUT2D eigenvalue weighted by molar-refractivity contribution is 6.30. The van der Waals surface area contributed by atoms with E-state index in [0.717, 1.165) is 12.1 Å². The molecule has 1 aromatic rings. The number of benzene rings is 1. The van der Waals surface area contributed by atoms with Crippen molar-refractivity contribution in [1.82, 2.24) is 10.2 Å². The number of hydrogen-bond acceptors (Lipinski definition) is 2. The molecule has 1 atom stereocenters. The SMILES string of the molecule is CC(CN1CCCC1)NCc1ccc(Cl)c(F)c1.